The topological polar surface area (TPSA) is 9.23 Å². The Balaban J connectivity index is 1.95. The van der Waals surface area contributed by atoms with E-state index in [1.807, 2.05) is 13.0 Å². The molecule has 0 N–H and O–H groups in total. The highest BCUT2D eigenvalue weighted by Crippen LogP contribution is 2.50. The molecule has 2 aliphatic rings. The van der Waals surface area contributed by atoms with Crippen LogP contribution < -0.4 is 4.74 Å². The molecular formula is C21H15BO. The van der Waals surface area contributed by atoms with Crippen LogP contribution in [0.15, 0.2) is 54.6 Å². The van der Waals surface area contributed by atoms with E-state index in [0.717, 1.165) is 17.7 Å². The van der Waals surface area contributed by atoms with E-state index in [4.69, 9.17) is 12.6 Å². The summed E-state index contributed by atoms with van der Waals surface area (Å²) in [6.45, 7) is 1.90. The molecule has 3 aromatic carbocycles. The molecule has 0 amide bonds. The van der Waals surface area contributed by atoms with Gasteiger partial charge in [-0.1, -0.05) is 60.7 Å². The summed E-state index contributed by atoms with van der Waals surface area (Å²) in [7, 11) is 6.23. The van der Waals surface area contributed by atoms with E-state index in [9.17, 15) is 0 Å². The van der Waals surface area contributed by atoms with Crippen LogP contribution in [0.5, 0.6) is 5.75 Å². The minimum atomic E-state index is -0.752. The summed E-state index contributed by atoms with van der Waals surface area (Å²) in [4.78, 5) is 0. The van der Waals surface area contributed by atoms with Gasteiger partial charge in [-0.2, -0.15) is 0 Å². The highest BCUT2D eigenvalue weighted by Gasteiger charge is 2.31. The third-order valence-electron chi connectivity index (χ3n) is 4.86. The van der Waals surface area contributed by atoms with Gasteiger partial charge in [0, 0.05) is 17.5 Å². The van der Waals surface area contributed by atoms with E-state index < -0.39 is 5.50 Å². The molecule has 1 nitrogen and oxygen atoms in total. The largest absolute Gasteiger partial charge is 0.493 e. The van der Waals surface area contributed by atoms with Crippen molar-refractivity contribution in [3.8, 4) is 16.9 Å². The standard InChI is InChI=1S/C21H15BO/c1-21(22)11-10-17-15-8-4-5-9-16(15)19-14-7-3-2-6-13(14)12-18(19)20(17)23-21/h2-11H,12H2,1H3/t21-/m0/s1. The molecule has 0 unspecified atom stereocenters. The Hall–Kier alpha value is -2.48. The van der Waals surface area contributed by atoms with Crippen molar-refractivity contribution in [2.24, 2.45) is 0 Å². The summed E-state index contributed by atoms with van der Waals surface area (Å²) < 4.78 is 6.19. The third kappa shape index (κ3) is 1.75. The van der Waals surface area contributed by atoms with Crippen LogP contribution in [0.4, 0.5) is 0 Å². The van der Waals surface area contributed by atoms with Gasteiger partial charge in [-0.25, -0.2) is 0 Å². The van der Waals surface area contributed by atoms with Gasteiger partial charge in [0.05, 0.1) is 5.50 Å². The summed E-state index contributed by atoms with van der Waals surface area (Å²) in [6.07, 6.45) is 4.96. The van der Waals surface area contributed by atoms with E-state index >= 15 is 0 Å². The van der Waals surface area contributed by atoms with Crippen LogP contribution in [0.2, 0.25) is 0 Å². The minimum absolute atomic E-state index is 0.752. The SMILES string of the molecule is [B][C@]1(C)C=Cc2c(c3c(c4ccccc24)-c2ccccc2C3)O1. The molecule has 108 valence electrons. The fourth-order valence-electron chi connectivity index (χ4n) is 3.87. The molecule has 3 aromatic rings. The lowest BCUT2D eigenvalue weighted by Gasteiger charge is -2.31. The van der Waals surface area contributed by atoms with E-state index in [0.29, 0.717) is 0 Å². The monoisotopic (exact) mass is 294 g/mol. The second kappa shape index (κ2) is 4.29. The van der Waals surface area contributed by atoms with Crippen LogP contribution in [-0.4, -0.2) is 13.3 Å². The van der Waals surface area contributed by atoms with Crippen LogP contribution >= 0.6 is 0 Å². The van der Waals surface area contributed by atoms with Crippen LogP contribution in [0.3, 0.4) is 0 Å². The number of hydrogen-bond donors (Lipinski definition) is 0. The van der Waals surface area contributed by atoms with Crippen molar-refractivity contribution in [3.05, 3.63) is 71.3 Å². The highest BCUT2D eigenvalue weighted by atomic mass is 16.5. The van der Waals surface area contributed by atoms with Crippen molar-refractivity contribution >= 4 is 24.7 Å². The first kappa shape index (κ1) is 13.0. The van der Waals surface area contributed by atoms with Crippen LogP contribution in [0, 0.1) is 0 Å². The van der Waals surface area contributed by atoms with E-state index in [1.54, 1.807) is 0 Å². The van der Waals surface area contributed by atoms with Gasteiger partial charge in [0.1, 0.15) is 13.6 Å². The Kier molecular flexibility index (Phi) is 2.43. The molecule has 1 atom stereocenters. The molecule has 1 aliphatic heterocycles. The maximum Gasteiger partial charge on any atom is 0.137 e. The first-order valence-corrected chi connectivity index (χ1v) is 7.97. The minimum Gasteiger partial charge on any atom is -0.493 e. The van der Waals surface area contributed by atoms with Crippen molar-refractivity contribution in [2.45, 2.75) is 18.8 Å². The molecule has 0 spiro atoms. The Morgan fingerprint density at radius 2 is 1.74 bits per heavy atom. The van der Waals surface area contributed by atoms with Crippen molar-refractivity contribution < 1.29 is 4.74 Å². The van der Waals surface area contributed by atoms with Crippen molar-refractivity contribution in [1.82, 2.24) is 0 Å². The number of ether oxygens (including phenoxy) is 1. The van der Waals surface area contributed by atoms with Gasteiger partial charge >= 0.3 is 0 Å². The van der Waals surface area contributed by atoms with E-state index in [2.05, 4.69) is 54.6 Å². The number of benzene rings is 3. The number of fused-ring (bicyclic) bond motifs is 8. The van der Waals surface area contributed by atoms with Gasteiger partial charge in [-0.15, -0.1) is 0 Å². The van der Waals surface area contributed by atoms with Crippen LogP contribution in [-0.2, 0) is 6.42 Å². The average molecular weight is 294 g/mol. The lowest BCUT2D eigenvalue weighted by Crippen LogP contribution is -2.32. The quantitative estimate of drug-likeness (QED) is 0.427. The predicted octanol–water partition coefficient (Wildman–Crippen LogP) is 4.70. The molecule has 5 rings (SSSR count). The maximum absolute atomic E-state index is 6.23. The average Bonchev–Trinajstić information content (AvgIpc) is 2.94. The van der Waals surface area contributed by atoms with Gasteiger partial charge in [-0.3, -0.25) is 0 Å². The zero-order chi connectivity index (χ0) is 15.6. The predicted molar refractivity (Wildman–Crippen MR) is 96.0 cm³/mol. The fourth-order valence-corrected chi connectivity index (χ4v) is 3.87. The maximum atomic E-state index is 6.23. The van der Waals surface area contributed by atoms with Crippen molar-refractivity contribution in [1.29, 1.82) is 0 Å². The molecule has 1 heterocycles. The summed E-state index contributed by atoms with van der Waals surface area (Å²) in [5, 5.41) is 2.52. The first-order valence-electron chi connectivity index (χ1n) is 7.97. The van der Waals surface area contributed by atoms with Gasteiger partial charge in [0.2, 0.25) is 0 Å². The second-order valence-corrected chi connectivity index (χ2v) is 6.60. The van der Waals surface area contributed by atoms with E-state index in [-0.39, 0.29) is 0 Å². The Bertz CT molecular complexity index is 998. The third-order valence-corrected chi connectivity index (χ3v) is 4.86. The molecule has 0 saturated heterocycles. The van der Waals surface area contributed by atoms with Gasteiger partial charge < -0.3 is 4.74 Å². The summed E-state index contributed by atoms with van der Waals surface area (Å²) in [5.74, 6) is 0.947. The zero-order valence-corrected chi connectivity index (χ0v) is 13.0. The van der Waals surface area contributed by atoms with Crippen LogP contribution in [0.25, 0.3) is 28.0 Å². The molecule has 0 aromatic heterocycles. The van der Waals surface area contributed by atoms with E-state index in [1.165, 1.54) is 33.0 Å². The molecule has 0 fully saturated rings. The molecular weight excluding hydrogens is 279 g/mol. The van der Waals surface area contributed by atoms with Gasteiger partial charge in [-0.05, 0) is 34.4 Å². The number of rotatable bonds is 0. The Morgan fingerprint density at radius 1 is 1.00 bits per heavy atom. The summed E-state index contributed by atoms with van der Waals surface area (Å²) >= 11 is 0. The summed E-state index contributed by atoms with van der Waals surface area (Å²) in [5.41, 5.74) is 5.64. The number of hydrogen-bond acceptors (Lipinski definition) is 1. The highest BCUT2D eigenvalue weighted by molar-refractivity contribution is 6.17. The van der Waals surface area contributed by atoms with Gasteiger partial charge in [0.15, 0.2) is 0 Å². The molecule has 0 saturated carbocycles. The smallest absolute Gasteiger partial charge is 0.137 e. The van der Waals surface area contributed by atoms with Crippen molar-refractivity contribution in [2.75, 3.05) is 0 Å². The normalized spacial score (nSPS) is 20.7. The second-order valence-electron chi connectivity index (χ2n) is 6.60. The Labute approximate surface area is 137 Å². The molecule has 23 heavy (non-hydrogen) atoms. The van der Waals surface area contributed by atoms with Gasteiger partial charge in [0.25, 0.3) is 0 Å². The fraction of sp³-hybridized carbons (Fsp3) is 0.143. The van der Waals surface area contributed by atoms with Crippen LogP contribution in [0.1, 0.15) is 23.6 Å². The molecule has 2 heteroatoms. The van der Waals surface area contributed by atoms with Crippen molar-refractivity contribution in [3.63, 3.8) is 0 Å². The lowest BCUT2D eigenvalue weighted by atomic mass is 9.80. The molecule has 1 aliphatic carbocycles. The zero-order valence-electron chi connectivity index (χ0n) is 13.0. The molecule has 0 bridgehead atoms. The lowest BCUT2D eigenvalue weighted by molar-refractivity contribution is 0.223. The summed E-state index contributed by atoms with van der Waals surface area (Å²) in [6, 6.07) is 17.2. The first-order chi connectivity index (χ1) is 11.1. The Morgan fingerprint density at radius 3 is 2.61 bits per heavy atom. The molecule has 2 radical (unpaired) electrons.